The van der Waals surface area contributed by atoms with Gasteiger partial charge < -0.3 is 24.8 Å². The predicted molar refractivity (Wildman–Crippen MR) is 96.8 cm³/mol. The number of carbonyl (C=O) groups excluding carboxylic acids is 2. The molecular weight excluding hydrogens is 336 g/mol. The van der Waals surface area contributed by atoms with Gasteiger partial charge in [-0.25, -0.2) is 9.59 Å². The van der Waals surface area contributed by atoms with Gasteiger partial charge >= 0.3 is 12.0 Å². The number of rotatable bonds is 9. The van der Waals surface area contributed by atoms with Crippen molar-refractivity contribution in [1.29, 1.82) is 0 Å². The van der Waals surface area contributed by atoms with Crippen molar-refractivity contribution in [3.63, 3.8) is 0 Å². The molecule has 2 N–H and O–H groups in total. The highest BCUT2D eigenvalue weighted by atomic mass is 16.6. The molecule has 2 rings (SSSR count). The number of hydrogen-bond donors (Lipinski definition) is 2. The first-order chi connectivity index (χ1) is 12.6. The van der Waals surface area contributed by atoms with Crippen molar-refractivity contribution >= 4 is 12.0 Å². The molecule has 1 aliphatic rings. The summed E-state index contributed by atoms with van der Waals surface area (Å²) in [7, 11) is 0. The molecule has 1 aromatic rings. The van der Waals surface area contributed by atoms with E-state index in [2.05, 4.69) is 10.6 Å². The molecule has 0 fully saturated rings. The van der Waals surface area contributed by atoms with Crippen LogP contribution in [0.1, 0.15) is 38.8 Å². The molecule has 1 unspecified atom stereocenters. The Morgan fingerprint density at radius 3 is 2.50 bits per heavy atom. The van der Waals surface area contributed by atoms with Crippen LogP contribution in [0.3, 0.4) is 0 Å². The topological polar surface area (TPSA) is 85.9 Å². The highest BCUT2D eigenvalue weighted by Gasteiger charge is 2.32. The average molecular weight is 362 g/mol. The van der Waals surface area contributed by atoms with E-state index in [1.807, 2.05) is 38.1 Å². The van der Waals surface area contributed by atoms with Crippen molar-refractivity contribution in [2.45, 2.75) is 33.2 Å². The van der Waals surface area contributed by atoms with Crippen LogP contribution in [0.4, 0.5) is 4.79 Å². The van der Waals surface area contributed by atoms with Crippen LogP contribution in [0.25, 0.3) is 0 Å². The minimum absolute atomic E-state index is 0.161. The molecule has 0 radical (unpaired) electrons. The van der Waals surface area contributed by atoms with Crippen LogP contribution < -0.4 is 15.4 Å². The Morgan fingerprint density at radius 1 is 1.12 bits per heavy atom. The minimum atomic E-state index is -0.580. The van der Waals surface area contributed by atoms with E-state index in [1.54, 1.807) is 6.92 Å². The van der Waals surface area contributed by atoms with Gasteiger partial charge in [-0.3, -0.25) is 0 Å². The second-order valence-electron chi connectivity index (χ2n) is 5.82. The lowest BCUT2D eigenvalue weighted by molar-refractivity contribution is -0.141. The number of urea groups is 1. The van der Waals surface area contributed by atoms with E-state index in [4.69, 9.17) is 14.2 Å². The van der Waals surface area contributed by atoms with E-state index in [9.17, 15) is 9.59 Å². The Hall–Kier alpha value is -2.54. The van der Waals surface area contributed by atoms with Gasteiger partial charge in [0.25, 0.3) is 0 Å². The fourth-order valence-electron chi connectivity index (χ4n) is 2.61. The van der Waals surface area contributed by atoms with Gasteiger partial charge in [-0.2, -0.15) is 0 Å². The van der Waals surface area contributed by atoms with Crippen LogP contribution in [0.2, 0.25) is 0 Å². The molecule has 0 bridgehead atoms. The highest BCUT2D eigenvalue weighted by Crippen LogP contribution is 2.28. The maximum atomic E-state index is 12.5. The summed E-state index contributed by atoms with van der Waals surface area (Å²) in [4.78, 5) is 24.4. The van der Waals surface area contributed by atoms with E-state index < -0.39 is 12.0 Å². The highest BCUT2D eigenvalue weighted by molar-refractivity contribution is 5.95. The van der Waals surface area contributed by atoms with Crippen molar-refractivity contribution in [2.75, 3.05) is 26.4 Å². The zero-order valence-electron chi connectivity index (χ0n) is 15.5. The van der Waals surface area contributed by atoms with Crippen LogP contribution in [0.15, 0.2) is 35.5 Å². The Kier molecular flexibility index (Phi) is 7.47. The van der Waals surface area contributed by atoms with Gasteiger partial charge in [0.1, 0.15) is 12.4 Å². The first-order valence-electron chi connectivity index (χ1n) is 8.82. The predicted octanol–water partition coefficient (Wildman–Crippen LogP) is 2.68. The van der Waals surface area contributed by atoms with Gasteiger partial charge in [0, 0.05) is 12.3 Å². The fourth-order valence-corrected chi connectivity index (χ4v) is 2.61. The summed E-state index contributed by atoms with van der Waals surface area (Å²) in [5, 5.41) is 5.40. The summed E-state index contributed by atoms with van der Waals surface area (Å²) in [6.07, 6.45) is 0.922. The standard InChI is InChI=1S/C19H26N2O5/c1-4-10-25-15-8-6-14(7-9-15)17-16(13(3)20-19(23)21-17)18(22)26-12-11-24-5-2/h6-9,17H,4-5,10-12H2,1-3H3,(H2,20,21,23). The molecule has 26 heavy (non-hydrogen) atoms. The lowest BCUT2D eigenvalue weighted by Gasteiger charge is -2.28. The minimum Gasteiger partial charge on any atom is -0.494 e. The van der Waals surface area contributed by atoms with Crippen molar-refractivity contribution < 1.29 is 23.8 Å². The number of carbonyl (C=O) groups is 2. The SMILES string of the molecule is CCCOc1ccc(C2NC(=O)NC(C)=C2C(=O)OCCOCC)cc1. The molecule has 0 saturated heterocycles. The second kappa shape index (κ2) is 9.82. The monoisotopic (exact) mass is 362 g/mol. The molecule has 1 aliphatic heterocycles. The number of amides is 2. The molecular formula is C19H26N2O5. The molecule has 7 nitrogen and oxygen atoms in total. The van der Waals surface area contributed by atoms with Crippen LogP contribution in [0, 0.1) is 0 Å². The van der Waals surface area contributed by atoms with Crippen molar-refractivity contribution in [3.05, 3.63) is 41.1 Å². The van der Waals surface area contributed by atoms with Crippen molar-refractivity contribution in [2.24, 2.45) is 0 Å². The molecule has 0 spiro atoms. The van der Waals surface area contributed by atoms with E-state index in [1.165, 1.54) is 0 Å². The van der Waals surface area contributed by atoms with E-state index in [-0.39, 0.29) is 12.6 Å². The fraction of sp³-hybridized carbons (Fsp3) is 0.474. The number of nitrogens with one attached hydrogen (secondary N) is 2. The lowest BCUT2D eigenvalue weighted by atomic mass is 9.95. The van der Waals surface area contributed by atoms with E-state index in [0.29, 0.717) is 31.1 Å². The zero-order valence-corrected chi connectivity index (χ0v) is 15.5. The van der Waals surface area contributed by atoms with Gasteiger partial charge in [-0.15, -0.1) is 0 Å². The van der Waals surface area contributed by atoms with Crippen molar-refractivity contribution in [3.8, 4) is 5.75 Å². The van der Waals surface area contributed by atoms with Crippen LogP contribution >= 0.6 is 0 Å². The van der Waals surface area contributed by atoms with Crippen molar-refractivity contribution in [1.82, 2.24) is 10.6 Å². The number of ether oxygens (including phenoxy) is 3. The first-order valence-corrected chi connectivity index (χ1v) is 8.82. The second-order valence-corrected chi connectivity index (χ2v) is 5.82. The van der Waals surface area contributed by atoms with Crippen LogP contribution in [0.5, 0.6) is 5.75 Å². The zero-order chi connectivity index (χ0) is 18.9. The lowest BCUT2D eigenvalue weighted by Crippen LogP contribution is -2.45. The molecule has 1 atom stereocenters. The summed E-state index contributed by atoms with van der Waals surface area (Å²) in [5.74, 6) is 0.267. The molecule has 1 aromatic carbocycles. The summed E-state index contributed by atoms with van der Waals surface area (Å²) >= 11 is 0. The number of allylic oxidation sites excluding steroid dienone is 1. The third kappa shape index (κ3) is 5.23. The van der Waals surface area contributed by atoms with Gasteiger partial charge in [-0.1, -0.05) is 19.1 Å². The Bertz CT molecular complexity index is 654. The summed E-state index contributed by atoms with van der Waals surface area (Å²) < 4.78 is 16.0. The number of esters is 1. The summed E-state index contributed by atoms with van der Waals surface area (Å²) in [6, 6.07) is 6.39. The van der Waals surface area contributed by atoms with E-state index >= 15 is 0 Å². The molecule has 0 aromatic heterocycles. The van der Waals surface area contributed by atoms with Gasteiger partial charge in [0.05, 0.1) is 24.8 Å². The Morgan fingerprint density at radius 2 is 1.85 bits per heavy atom. The van der Waals surface area contributed by atoms with Gasteiger partial charge in [-0.05, 0) is 38.0 Å². The summed E-state index contributed by atoms with van der Waals surface area (Å²) in [5.41, 5.74) is 1.63. The molecule has 1 heterocycles. The summed E-state index contributed by atoms with van der Waals surface area (Å²) in [6.45, 7) is 7.29. The van der Waals surface area contributed by atoms with Gasteiger partial charge in [0.2, 0.25) is 0 Å². The third-order valence-corrected chi connectivity index (χ3v) is 3.84. The smallest absolute Gasteiger partial charge is 0.338 e. The molecule has 0 saturated carbocycles. The largest absolute Gasteiger partial charge is 0.494 e. The number of hydrogen-bond acceptors (Lipinski definition) is 5. The molecule has 0 aliphatic carbocycles. The first kappa shape index (κ1) is 19.8. The molecule has 2 amide bonds. The van der Waals surface area contributed by atoms with Crippen LogP contribution in [-0.4, -0.2) is 38.4 Å². The van der Waals surface area contributed by atoms with Crippen LogP contribution in [-0.2, 0) is 14.3 Å². The molecule has 7 heteroatoms. The maximum absolute atomic E-state index is 12.5. The number of benzene rings is 1. The Labute approximate surface area is 153 Å². The van der Waals surface area contributed by atoms with Gasteiger partial charge in [0.15, 0.2) is 0 Å². The Balaban J connectivity index is 2.16. The third-order valence-electron chi connectivity index (χ3n) is 3.84. The maximum Gasteiger partial charge on any atom is 0.338 e. The average Bonchev–Trinajstić information content (AvgIpc) is 2.63. The van der Waals surface area contributed by atoms with E-state index in [0.717, 1.165) is 17.7 Å². The normalized spacial score (nSPS) is 16.7. The quantitative estimate of drug-likeness (QED) is 0.521. The molecule has 142 valence electrons.